The van der Waals surface area contributed by atoms with Crippen molar-refractivity contribution in [2.45, 2.75) is 18.3 Å². The smallest absolute Gasteiger partial charge is 0.153 e. The minimum atomic E-state index is 0.150. The van der Waals surface area contributed by atoms with Gasteiger partial charge in [0.1, 0.15) is 11.8 Å². The molecule has 0 unspecified atom stereocenters. The van der Waals surface area contributed by atoms with Gasteiger partial charge in [-0.1, -0.05) is 30.3 Å². The number of nitrogens with one attached hydrogen (secondary N) is 2. The van der Waals surface area contributed by atoms with Gasteiger partial charge < -0.3 is 15.2 Å². The Balaban J connectivity index is 1.62. The Bertz CT molecular complexity index is 803. The van der Waals surface area contributed by atoms with Crippen LogP contribution in [-0.4, -0.2) is 46.5 Å². The lowest BCUT2D eigenvalue weighted by atomic mass is 9.72. The fourth-order valence-corrected chi connectivity index (χ4v) is 3.66. The summed E-state index contributed by atoms with van der Waals surface area (Å²) in [4.78, 5) is 14.4. The molecular weight excluding hydrogens is 298 g/mol. The van der Waals surface area contributed by atoms with Gasteiger partial charge in [0.2, 0.25) is 0 Å². The van der Waals surface area contributed by atoms with Crippen LogP contribution in [0.2, 0.25) is 0 Å². The molecule has 0 radical (unpaired) electrons. The van der Waals surface area contributed by atoms with Gasteiger partial charge in [-0.15, -0.1) is 0 Å². The lowest BCUT2D eigenvalue weighted by molar-refractivity contribution is 0.195. The van der Waals surface area contributed by atoms with Crippen LogP contribution >= 0.6 is 0 Å². The minimum absolute atomic E-state index is 0.150. The number of aromatic amines is 1. The van der Waals surface area contributed by atoms with E-state index < -0.39 is 0 Å². The first-order chi connectivity index (χ1) is 11.8. The van der Waals surface area contributed by atoms with Gasteiger partial charge in [0.25, 0.3) is 0 Å². The summed E-state index contributed by atoms with van der Waals surface area (Å²) in [5.41, 5.74) is 3.50. The van der Waals surface area contributed by atoms with Crippen molar-refractivity contribution in [3.63, 3.8) is 0 Å². The number of likely N-dealkylation sites (tertiary alicyclic amines) is 1. The molecule has 3 aromatic rings. The summed E-state index contributed by atoms with van der Waals surface area (Å²) in [5.74, 6) is 0.888. The van der Waals surface area contributed by atoms with Crippen LogP contribution in [0, 0.1) is 0 Å². The average molecular weight is 321 g/mol. The van der Waals surface area contributed by atoms with Crippen LogP contribution in [0.3, 0.4) is 0 Å². The van der Waals surface area contributed by atoms with Crippen LogP contribution < -0.4 is 5.32 Å². The highest BCUT2D eigenvalue weighted by atomic mass is 15.1. The lowest BCUT2D eigenvalue weighted by Gasteiger charge is -2.41. The van der Waals surface area contributed by atoms with Crippen LogP contribution in [-0.2, 0) is 5.41 Å². The molecule has 1 aromatic carbocycles. The van der Waals surface area contributed by atoms with E-state index in [9.17, 15) is 0 Å². The number of rotatable bonds is 4. The molecule has 0 amide bonds. The van der Waals surface area contributed by atoms with Gasteiger partial charge in [-0.25, -0.2) is 9.97 Å². The largest absolute Gasteiger partial charge is 0.367 e. The summed E-state index contributed by atoms with van der Waals surface area (Å²) in [6.07, 6.45) is 5.84. The first-order valence-corrected chi connectivity index (χ1v) is 8.53. The Morgan fingerprint density at radius 2 is 1.92 bits per heavy atom. The summed E-state index contributed by atoms with van der Waals surface area (Å²) >= 11 is 0. The zero-order valence-electron chi connectivity index (χ0n) is 14.0. The molecule has 0 atom stereocenters. The molecule has 1 fully saturated rings. The topological polar surface area (TPSA) is 56.8 Å². The monoisotopic (exact) mass is 321 g/mol. The Morgan fingerprint density at radius 1 is 1.12 bits per heavy atom. The number of H-pyrrole nitrogens is 1. The molecule has 1 saturated heterocycles. The van der Waals surface area contributed by atoms with E-state index in [2.05, 4.69) is 62.5 Å². The summed E-state index contributed by atoms with van der Waals surface area (Å²) < 4.78 is 0. The fourth-order valence-electron chi connectivity index (χ4n) is 3.66. The van der Waals surface area contributed by atoms with E-state index in [0.29, 0.717) is 0 Å². The third-order valence-electron chi connectivity index (χ3n) is 5.27. The zero-order chi connectivity index (χ0) is 16.4. The summed E-state index contributed by atoms with van der Waals surface area (Å²) in [5, 5.41) is 3.60. The molecule has 3 heterocycles. The number of hydrogen-bond acceptors (Lipinski definition) is 4. The van der Waals surface area contributed by atoms with Crippen molar-refractivity contribution in [1.29, 1.82) is 0 Å². The molecule has 0 aliphatic carbocycles. The third-order valence-corrected chi connectivity index (χ3v) is 5.27. The zero-order valence-corrected chi connectivity index (χ0v) is 14.0. The maximum atomic E-state index is 4.44. The number of anilines is 1. The highest BCUT2D eigenvalue weighted by Gasteiger charge is 2.35. The van der Waals surface area contributed by atoms with Gasteiger partial charge in [0, 0.05) is 18.2 Å². The Hall–Kier alpha value is -2.40. The van der Waals surface area contributed by atoms with Crippen molar-refractivity contribution in [3.05, 3.63) is 54.5 Å². The number of benzene rings is 1. The number of fused-ring (bicyclic) bond motifs is 1. The lowest BCUT2D eigenvalue weighted by Crippen LogP contribution is -2.45. The van der Waals surface area contributed by atoms with Gasteiger partial charge in [0.15, 0.2) is 5.82 Å². The van der Waals surface area contributed by atoms with Crippen LogP contribution in [0.1, 0.15) is 18.4 Å². The second-order valence-corrected chi connectivity index (χ2v) is 6.76. The summed E-state index contributed by atoms with van der Waals surface area (Å²) in [6, 6.07) is 12.9. The molecule has 124 valence electrons. The Morgan fingerprint density at radius 3 is 2.71 bits per heavy atom. The molecular formula is C19H23N5. The number of hydrogen-bond donors (Lipinski definition) is 2. The van der Waals surface area contributed by atoms with Crippen LogP contribution in [0.15, 0.2) is 48.9 Å². The summed E-state index contributed by atoms with van der Waals surface area (Å²) in [6.45, 7) is 3.13. The molecule has 0 saturated carbocycles. The molecule has 24 heavy (non-hydrogen) atoms. The van der Waals surface area contributed by atoms with Gasteiger partial charge in [0.05, 0.1) is 5.52 Å². The van der Waals surface area contributed by atoms with Crippen molar-refractivity contribution in [3.8, 4) is 0 Å². The minimum Gasteiger partial charge on any atom is -0.367 e. The van der Waals surface area contributed by atoms with Crippen molar-refractivity contribution < 1.29 is 0 Å². The average Bonchev–Trinajstić information content (AvgIpc) is 3.12. The molecule has 0 spiro atoms. The third kappa shape index (κ3) is 2.76. The number of aromatic nitrogens is 3. The Kier molecular flexibility index (Phi) is 3.94. The molecule has 2 aromatic heterocycles. The predicted molar refractivity (Wildman–Crippen MR) is 97.2 cm³/mol. The molecule has 4 rings (SSSR count). The SMILES string of the molecule is CN1CCC(CNc2ncnc3cc[nH]c23)(c2ccccc2)CC1. The molecule has 2 N–H and O–H groups in total. The first-order valence-electron chi connectivity index (χ1n) is 8.53. The maximum Gasteiger partial charge on any atom is 0.153 e. The molecule has 5 heteroatoms. The van der Waals surface area contributed by atoms with E-state index in [1.165, 1.54) is 5.56 Å². The van der Waals surface area contributed by atoms with E-state index in [4.69, 9.17) is 0 Å². The van der Waals surface area contributed by atoms with E-state index in [0.717, 1.165) is 49.3 Å². The molecule has 1 aliphatic rings. The molecule has 5 nitrogen and oxygen atoms in total. The summed E-state index contributed by atoms with van der Waals surface area (Å²) in [7, 11) is 2.20. The highest BCUT2D eigenvalue weighted by Crippen LogP contribution is 2.35. The fraction of sp³-hybridized carbons (Fsp3) is 0.368. The first kappa shape index (κ1) is 15.1. The van der Waals surface area contributed by atoms with E-state index >= 15 is 0 Å². The van der Waals surface area contributed by atoms with Crippen molar-refractivity contribution in [2.24, 2.45) is 0 Å². The van der Waals surface area contributed by atoms with Crippen molar-refractivity contribution in [2.75, 3.05) is 32.0 Å². The normalized spacial score (nSPS) is 17.9. The second-order valence-electron chi connectivity index (χ2n) is 6.76. The van der Waals surface area contributed by atoms with Gasteiger partial charge in [-0.3, -0.25) is 0 Å². The van der Waals surface area contributed by atoms with Crippen LogP contribution in [0.25, 0.3) is 11.0 Å². The van der Waals surface area contributed by atoms with E-state index in [1.54, 1.807) is 6.33 Å². The van der Waals surface area contributed by atoms with Crippen LogP contribution in [0.4, 0.5) is 5.82 Å². The maximum absolute atomic E-state index is 4.44. The second kappa shape index (κ2) is 6.24. The van der Waals surface area contributed by atoms with Crippen LogP contribution in [0.5, 0.6) is 0 Å². The highest BCUT2D eigenvalue weighted by molar-refractivity contribution is 5.85. The standard InChI is InChI=1S/C19H23N5/c1-24-11-8-19(9-12-24,15-5-3-2-4-6-15)13-21-18-17-16(7-10-20-17)22-14-23-18/h2-7,10,14,20H,8-9,11-13H2,1H3,(H,21,22,23). The van der Waals surface area contributed by atoms with Crippen molar-refractivity contribution in [1.82, 2.24) is 19.9 Å². The quantitative estimate of drug-likeness (QED) is 0.775. The molecule has 0 bridgehead atoms. The van der Waals surface area contributed by atoms with Crippen molar-refractivity contribution >= 4 is 16.9 Å². The number of piperidine rings is 1. The number of nitrogens with zero attached hydrogens (tertiary/aromatic N) is 3. The predicted octanol–water partition coefficient (Wildman–Crippen LogP) is 3.03. The van der Waals surface area contributed by atoms with E-state index in [1.807, 2.05) is 12.3 Å². The van der Waals surface area contributed by atoms with Gasteiger partial charge in [-0.2, -0.15) is 0 Å². The van der Waals surface area contributed by atoms with Gasteiger partial charge >= 0.3 is 0 Å². The molecule has 1 aliphatic heterocycles. The van der Waals surface area contributed by atoms with Gasteiger partial charge in [-0.05, 0) is 44.6 Å². The van der Waals surface area contributed by atoms with E-state index in [-0.39, 0.29) is 5.41 Å². The Labute approximate surface area is 142 Å².